The highest BCUT2D eigenvalue weighted by molar-refractivity contribution is 5.60. The van der Waals surface area contributed by atoms with Gasteiger partial charge in [0.15, 0.2) is 0 Å². The third-order valence-corrected chi connectivity index (χ3v) is 3.87. The van der Waals surface area contributed by atoms with Crippen molar-refractivity contribution < 1.29 is 32.5 Å². The lowest BCUT2D eigenvalue weighted by Gasteiger charge is -2.27. The average Bonchev–Trinajstić information content (AvgIpc) is 2.70. The second-order valence-corrected chi connectivity index (χ2v) is 5.42. The number of hydrogen-bond donors (Lipinski definition) is 2. The smallest absolute Gasteiger partial charge is 0.371 e. The summed E-state index contributed by atoms with van der Waals surface area (Å²) in [5, 5.41) is 37.3. The van der Waals surface area contributed by atoms with Crippen molar-refractivity contribution in [2.24, 2.45) is 0 Å². The van der Waals surface area contributed by atoms with E-state index in [4.69, 9.17) is 10.00 Å². The number of pyridine rings is 1. The molecule has 6 nitrogen and oxygen atoms in total. The summed E-state index contributed by atoms with van der Waals surface area (Å²) < 4.78 is 60.7. The Hall–Kier alpha value is -3.21. The van der Waals surface area contributed by atoms with Crippen LogP contribution in [0.25, 0.3) is 0 Å². The Balaban J connectivity index is 2.19. The first kappa shape index (κ1) is 17.6. The number of aliphatic hydroxyl groups is 2. The molecule has 26 heavy (non-hydrogen) atoms. The summed E-state index contributed by atoms with van der Waals surface area (Å²) >= 11 is 0. The van der Waals surface area contributed by atoms with Crippen molar-refractivity contribution in [2.45, 2.75) is 17.6 Å². The summed E-state index contributed by atoms with van der Waals surface area (Å²) in [7, 11) is 0. The van der Waals surface area contributed by atoms with Gasteiger partial charge in [-0.05, 0) is 12.1 Å². The third-order valence-electron chi connectivity index (χ3n) is 3.87. The number of hydrogen-bond acceptors (Lipinski definition) is 6. The van der Waals surface area contributed by atoms with Crippen molar-refractivity contribution in [3.05, 3.63) is 52.8 Å². The highest BCUT2D eigenvalue weighted by Gasteiger charge is 2.77. The van der Waals surface area contributed by atoms with Crippen LogP contribution in [0.2, 0.25) is 0 Å². The second kappa shape index (κ2) is 5.39. The van der Waals surface area contributed by atoms with E-state index in [1.165, 1.54) is 18.3 Å². The number of nitriles is 2. The van der Waals surface area contributed by atoms with Gasteiger partial charge in [-0.25, -0.2) is 0 Å². The fourth-order valence-corrected chi connectivity index (χ4v) is 2.61. The minimum absolute atomic E-state index is 0.0823. The summed E-state index contributed by atoms with van der Waals surface area (Å²) in [5.74, 6) is -15.0. The van der Waals surface area contributed by atoms with E-state index in [1.54, 1.807) is 6.07 Å². The SMILES string of the molecule is N#Cc1cncc(Oc2ccc3c(c2C#N)C(O)(O)C(F)(F)C3(F)F)c1. The van der Waals surface area contributed by atoms with Gasteiger partial charge in [-0.1, -0.05) is 0 Å². The number of benzene rings is 1. The standard InChI is InChI=1S/C16H7F4N3O3/c17-14(18)11-1-2-12(26-9-3-8(4-21)6-23-7-9)10(5-22)13(11)15(24,25)16(14,19)20/h1-3,6-7,24-25H. The molecule has 0 fully saturated rings. The number of alkyl halides is 4. The van der Waals surface area contributed by atoms with Crippen LogP contribution >= 0.6 is 0 Å². The molecule has 1 aromatic carbocycles. The molecular weight excluding hydrogens is 358 g/mol. The second-order valence-electron chi connectivity index (χ2n) is 5.42. The summed E-state index contributed by atoms with van der Waals surface area (Å²) in [6.07, 6.45) is 2.33. The molecule has 0 radical (unpaired) electrons. The van der Waals surface area contributed by atoms with Gasteiger partial charge in [-0.2, -0.15) is 28.1 Å². The van der Waals surface area contributed by atoms with Crippen LogP contribution in [0.1, 0.15) is 22.3 Å². The van der Waals surface area contributed by atoms with Crippen molar-refractivity contribution in [1.29, 1.82) is 10.5 Å². The minimum atomic E-state index is -5.26. The summed E-state index contributed by atoms with van der Waals surface area (Å²) in [6, 6.07) is 5.70. The van der Waals surface area contributed by atoms with Crippen LogP contribution in [0, 0.1) is 22.7 Å². The van der Waals surface area contributed by atoms with E-state index in [-0.39, 0.29) is 11.3 Å². The van der Waals surface area contributed by atoms with Crippen LogP contribution in [-0.4, -0.2) is 21.1 Å². The normalized spacial score (nSPS) is 18.5. The van der Waals surface area contributed by atoms with Gasteiger partial charge in [0.1, 0.15) is 29.2 Å². The lowest BCUT2D eigenvalue weighted by molar-refractivity contribution is -0.357. The molecule has 1 aliphatic carbocycles. The molecule has 2 aromatic rings. The summed E-state index contributed by atoms with van der Waals surface area (Å²) in [4.78, 5) is 3.69. The summed E-state index contributed by atoms with van der Waals surface area (Å²) in [5.41, 5.74) is -3.54. The molecule has 1 heterocycles. The zero-order valence-corrected chi connectivity index (χ0v) is 12.5. The van der Waals surface area contributed by atoms with Crippen molar-refractivity contribution in [3.63, 3.8) is 0 Å². The quantitative estimate of drug-likeness (QED) is 0.625. The van der Waals surface area contributed by atoms with Gasteiger partial charge in [-0.3, -0.25) is 4.98 Å². The van der Waals surface area contributed by atoms with E-state index < -0.39 is 40.1 Å². The van der Waals surface area contributed by atoms with Gasteiger partial charge in [0.05, 0.1) is 11.8 Å². The molecule has 1 aromatic heterocycles. The highest BCUT2D eigenvalue weighted by atomic mass is 19.3. The highest BCUT2D eigenvalue weighted by Crippen LogP contribution is 2.60. The molecule has 0 atom stereocenters. The molecule has 10 heteroatoms. The molecular formula is C16H7F4N3O3. The maximum Gasteiger partial charge on any atom is 0.371 e. The molecule has 132 valence electrons. The van der Waals surface area contributed by atoms with Crippen molar-refractivity contribution >= 4 is 0 Å². The predicted octanol–water partition coefficient (Wildman–Crippen LogP) is 2.50. The number of aromatic nitrogens is 1. The fourth-order valence-electron chi connectivity index (χ4n) is 2.61. The maximum absolute atomic E-state index is 13.9. The van der Waals surface area contributed by atoms with Gasteiger partial charge < -0.3 is 14.9 Å². The van der Waals surface area contributed by atoms with E-state index in [0.29, 0.717) is 6.07 Å². The molecule has 0 amide bonds. The third kappa shape index (κ3) is 2.13. The van der Waals surface area contributed by atoms with Crippen LogP contribution in [-0.2, 0) is 11.7 Å². The monoisotopic (exact) mass is 365 g/mol. The Morgan fingerprint density at radius 2 is 1.73 bits per heavy atom. The number of nitrogens with zero attached hydrogens (tertiary/aromatic N) is 3. The topological polar surface area (TPSA) is 110 Å². The van der Waals surface area contributed by atoms with E-state index in [1.807, 2.05) is 0 Å². The molecule has 0 saturated carbocycles. The first-order chi connectivity index (χ1) is 12.1. The first-order valence-electron chi connectivity index (χ1n) is 6.89. The lowest BCUT2D eigenvalue weighted by atomic mass is 9.99. The lowest BCUT2D eigenvalue weighted by Crippen LogP contribution is -2.48. The summed E-state index contributed by atoms with van der Waals surface area (Å²) in [6.45, 7) is 0. The van der Waals surface area contributed by atoms with Crippen LogP contribution < -0.4 is 4.74 Å². The number of ether oxygens (including phenoxy) is 1. The van der Waals surface area contributed by atoms with Crippen molar-refractivity contribution in [3.8, 4) is 23.6 Å². The fraction of sp³-hybridized carbons (Fsp3) is 0.188. The Labute approximate surface area is 143 Å². The molecule has 2 N–H and O–H groups in total. The Bertz CT molecular complexity index is 993. The first-order valence-corrected chi connectivity index (χ1v) is 6.89. The van der Waals surface area contributed by atoms with Gasteiger partial charge in [0, 0.05) is 23.4 Å². The molecule has 1 aliphatic rings. The average molecular weight is 365 g/mol. The largest absolute Gasteiger partial charge is 0.454 e. The molecule has 0 aliphatic heterocycles. The molecule has 0 spiro atoms. The van der Waals surface area contributed by atoms with Crippen LogP contribution in [0.5, 0.6) is 11.5 Å². The van der Waals surface area contributed by atoms with E-state index in [9.17, 15) is 33.0 Å². The van der Waals surface area contributed by atoms with Crippen LogP contribution in [0.3, 0.4) is 0 Å². The maximum atomic E-state index is 13.9. The Morgan fingerprint density at radius 3 is 2.35 bits per heavy atom. The van der Waals surface area contributed by atoms with Gasteiger partial charge >= 0.3 is 11.8 Å². The van der Waals surface area contributed by atoms with Crippen LogP contribution in [0.15, 0.2) is 30.6 Å². The zero-order chi connectivity index (χ0) is 19.3. The Kier molecular flexibility index (Phi) is 3.65. The molecule has 0 unspecified atom stereocenters. The van der Waals surface area contributed by atoms with Crippen LogP contribution in [0.4, 0.5) is 17.6 Å². The predicted molar refractivity (Wildman–Crippen MR) is 75.1 cm³/mol. The zero-order valence-electron chi connectivity index (χ0n) is 12.5. The van der Waals surface area contributed by atoms with Gasteiger partial charge in [-0.15, -0.1) is 0 Å². The Morgan fingerprint density at radius 1 is 1.04 bits per heavy atom. The van der Waals surface area contributed by atoms with Gasteiger partial charge in [0.25, 0.3) is 5.79 Å². The van der Waals surface area contributed by atoms with E-state index in [2.05, 4.69) is 4.98 Å². The number of fused-ring (bicyclic) bond motifs is 1. The van der Waals surface area contributed by atoms with Gasteiger partial charge in [0.2, 0.25) is 0 Å². The number of halogens is 4. The molecule has 3 rings (SSSR count). The number of rotatable bonds is 2. The molecule has 0 bridgehead atoms. The van der Waals surface area contributed by atoms with E-state index in [0.717, 1.165) is 12.3 Å². The van der Waals surface area contributed by atoms with E-state index >= 15 is 0 Å². The van der Waals surface area contributed by atoms with Crippen molar-refractivity contribution in [2.75, 3.05) is 0 Å². The minimum Gasteiger partial charge on any atom is -0.454 e. The van der Waals surface area contributed by atoms with Crippen molar-refractivity contribution in [1.82, 2.24) is 4.98 Å². The molecule has 0 saturated heterocycles.